The number of fused-ring (bicyclic) bond motifs is 1. The first-order chi connectivity index (χ1) is 12.6. The monoisotopic (exact) mass is 477 g/mol. The molecule has 2 N–H and O–H groups in total. The number of hydrogen-bond donors (Lipinski definition) is 2. The summed E-state index contributed by atoms with van der Waals surface area (Å²) in [7, 11) is 1.98. The Morgan fingerprint density at radius 1 is 1.07 bits per heavy atom. The minimum absolute atomic E-state index is 0. The van der Waals surface area contributed by atoms with Crippen molar-refractivity contribution in [2.24, 2.45) is 12.0 Å². The summed E-state index contributed by atoms with van der Waals surface area (Å²) in [6, 6.07) is 14.8. The second-order valence-corrected chi connectivity index (χ2v) is 6.46. The number of aryl methyl sites for hydroxylation is 2. The van der Waals surface area contributed by atoms with Gasteiger partial charge in [0.2, 0.25) is 0 Å². The van der Waals surface area contributed by atoms with Crippen LogP contribution >= 0.6 is 24.0 Å². The van der Waals surface area contributed by atoms with Crippen LogP contribution in [0.15, 0.2) is 47.5 Å². The lowest BCUT2D eigenvalue weighted by atomic mass is 10.1. The summed E-state index contributed by atoms with van der Waals surface area (Å²) in [5.74, 6) is 0.822. The molecule has 0 amide bonds. The van der Waals surface area contributed by atoms with Crippen molar-refractivity contribution in [3.63, 3.8) is 0 Å². The molecule has 0 bridgehead atoms. The van der Waals surface area contributed by atoms with Crippen molar-refractivity contribution in [3.05, 3.63) is 65.0 Å². The van der Waals surface area contributed by atoms with Gasteiger partial charge in [-0.05, 0) is 37.1 Å². The molecule has 0 fully saturated rings. The lowest BCUT2D eigenvalue weighted by Gasteiger charge is -2.12. The van der Waals surface area contributed by atoms with Crippen molar-refractivity contribution in [1.29, 1.82) is 0 Å². The number of aromatic nitrogens is 2. The Morgan fingerprint density at radius 3 is 2.52 bits per heavy atom. The van der Waals surface area contributed by atoms with Crippen LogP contribution in [-0.2, 0) is 20.1 Å². The minimum Gasteiger partial charge on any atom is -0.357 e. The molecular formula is C21H28IN5. The lowest BCUT2D eigenvalue weighted by Crippen LogP contribution is -2.37. The van der Waals surface area contributed by atoms with Gasteiger partial charge >= 0.3 is 0 Å². The van der Waals surface area contributed by atoms with E-state index in [1.807, 2.05) is 18.7 Å². The molecule has 0 atom stereocenters. The van der Waals surface area contributed by atoms with E-state index < -0.39 is 0 Å². The Labute approximate surface area is 178 Å². The molecule has 0 saturated heterocycles. The van der Waals surface area contributed by atoms with Crippen LogP contribution in [-0.4, -0.2) is 22.3 Å². The van der Waals surface area contributed by atoms with Crippen molar-refractivity contribution >= 4 is 40.7 Å². The van der Waals surface area contributed by atoms with Gasteiger partial charge < -0.3 is 10.6 Å². The third-order valence-corrected chi connectivity index (χ3v) is 4.72. The van der Waals surface area contributed by atoms with Gasteiger partial charge in [-0.1, -0.05) is 42.5 Å². The standard InChI is InChI=1S/C21H27N5.HI/c1-5-22-21(24-14-20-15(2)25-26(4)16(20)3)23-13-18-11-8-10-17-9-6-7-12-19(17)18;/h6-12H,5,13-14H2,1-4H3,(H2,22,23,24);1H. The summed E-state index contributed by atoms with van der Waals surface area (Å²) in [5, 5.41) is 13.8. The van der Waals surface area contributed by atoms with E-state index in [2.05, 4.69) is 72.0 Å². The molecule has 0 aliphatic rings. The van der Waals surface area contributed by atoms with E-state index >= 15 is 0 Å². The molecule has 5 nitrogen and oxygen atoms in total. The fourth-order valence-corrected chi connectivity index (χ4v) is 3.18. The second kappa shape index (κ2) is 9.73. The van der Waals surface area contributed by atoms with Crippen molar-refractivity contribution in [1.82, 2.24) is 20.4 Å². The van der Waals surface area contributed by atoms with Crippen molar-refractivity contribution < 1.29 is 0 Å². The molecular weight excluding hydrogens is 449 g/mol. The maximum absolute atomic E-state index is 4.78. The largest absolute Gasteiger partial charge is 0.357 e. The van der Waals surface area contributed by atoms with Crippen LogP contribution < -0.4 is 10.6 Å². The molecule has 6 heteroatoms. The Hall–Kier alpha value is -2.09. The molecule has 1 aromatic heterocycles. The summed E-state index contributed by atoms with van der Waals surface area (Å²) in [4.78, 5) is 4.78. The minimum atomic E-state index is 0. The van der Waals surface area contributed by atoms with Gasteiger partial charge in [-0.25, -0.2) is 4.99 Å². The normalized spacial score (nSPS) is 11.3. The van der Waals surface area contributed by atoms with E-state index in [1.165, 1.54) is 27.6 Å². The van der Waals surface area contributed by atoms with Gasteiger partial charge in [0.25, 0.3) is 0 Å². The molecule has 0 aliphatic carbocycles. The van der Waals surface area contributed by atoms with Crippen molar-refractivity contribution in [2.75, 3.05) is 6.54 Å². The molecule has 0 aliphatic heterocycles. The summed E-state index contributed by atoms with van der Waals surface area (Å²) in [5.41, 5.74) is 4.69. The molecule has 3 aromatic rings. The number of guanidine groups is 1. The Morgan fingerprint density at radius 2 is 1.81 bits per heavy atom. The molecule has 0 saturated carbocycles. The zero-order valence-electron chi connectivity index (χ0n) is 16.4. The quantitative estimate of drug-likeness (QED) is 0.331. The number of aliphatic imine (C=N–C) groups is 1. The number of hydrogen-bond acceptors (Lipinski definition) is 2. The smallest absolute Gasteiger partial charge is 0.191 e. The van der Waals surface area contributed by atoms with E-state index in [0.717, 1.165) is 18.2 Å². The van der Waals surface area contributed by atoms with Crippen LogP contribution in [0, 0.1) is 13.8 Å². The summed E-state index contributed by atoms with van der Waals surface area (Å²) < 4.78 is 1.92. The Balaban J connectivity index is 0.00000261. The highest BCUT2D eigenvalue weighted by Crippen LogP contribution is 2.19. The zero-order valence-corrected chi connectivity index (χ0v) is 18.7. The third-order valence-electron chi connectivity index (χ3n) is 4.72. The second-order valence-electron chi connectivity index (χ2n) is 6.46. The summed E-state index contributed by atoms with van der Waals surface area (Å²) in [6.07, 6.45) is 0. The fourth-order valence-electron chi connectivity index (χ4n) is 3.18. The van der Waals surface area contributed by atoms with E-state index in [0.29, 0.717) is 13.1 Å². The summed E-state index contributed by atoms with van der Waals surface area (Å²) >= 11 is 0. The highest BCUT2D eigenvalue weighted by molar-refractivity contribution is 14.0. The van der Waals surface area contributed by atoms with E-state index in [9.17, 15) is 0 Å². The van der Waals surface area contributed by atoms with Crippen LogP contribution in [0.25, 0.3) is 10.8 Å². The number of nitrogens with zero attached hydrogens (tertiary/aromatic N) is 3. The number of nitrogens with one attached hydrogen (secondary N) is 2. The van der Waals surface area contributed by atoms with Gasteiger partial charge in [-0.2, -0.15) is 5.10 Å². The van der Waals surface area contributed by atoms with E-state index in [1.54, 1.807) is 0 Å². The number of benzene rings is 2. The van der Waals surface area contributed by atoms with Crippen LogP contribution in [0.2, 0.25) is 0 Å². The molecule has 27 heavy (non-hydrogen) atoms. The zero-order chi connectivity index (χ0) is 18.5. The predicted octanol–water partition coefficient (Wildman–Crippen LogP) is 4.06. The molecule has 0 spiro atoms. The molecule has 0 radical (unpaired) electrons. The Kier molecular flexibility index (Phi) is 7.65. The van der Waals surface area contributed by atoms with Crippen LogP contribution in [0.3, 0.4) is 0 Å². The van der Waals surface area contributed by atoms with Gasteiger partial charge in [-0.3, -0.25) is 4.68 Å². The SMILES string of the molecule is CCNC(=NCc1cccc2ccccc12)NCc1c(C)nn(C)c1C.I. The maximum Gasteiger partial charge on any atom is 0.191 e. The van der Waals surface area contributed by atoms with Crippen molar-refractivity contribution in [3.8, 4) is 0 Å². The number of halogens is 1. The van der Waals surface area contributed by atoms with Gasteiger partial charge in [0.15, 0.2) is 5.96 Å². The molecule has 144 valence electrons. The summed E-state index contributed by atoms with van der Waals surface area (Å²) in [6.45, 7) is 8.40. The fraction of sp³-hybridized carbons (Fsp3) is 0.333. The van der Waals surface area contributed by atoms with Gasteiger partial charge in [0.05, 0.1) is 12.2 Å². The van der Waals surface area contributed by atoms with Crippen molar-refractivity contribution in [2.45, 2.75) is 33.9 Å². The average Bonchev–Trinajstić information content (AvgIpc) is 2.89. The van der Waals surface area contributed by atoms with Crippen LogP contribution in [0.1, 0.15) is 29.4 Å². The van der Waals surface area contributed by atoms with E-state index in [-0.39, 0.29) is 24.0 Å². The molecule has 1 heterocycles. The molecule has 2 aromatic carbocycles. The third kappa shape index (κ3) is 5.00. The van der Waals surface area contributed by atoms with Gasteiger partial charge in [0.1, 0.15) is 0 Å². The highest BCUT2D eigenvalue weighted by atomic mass is 127. The molecule has 0 unspecified atom stereocenters. The molecule has 3 rings (SSSR count). The maximum atomic E-state index is 4.78. The van der Waals surface area contributed by atoms with Crippen LogP contribution in [0.5, 0.6) is 0 Å². The number of rotatable bonds is 5. The first-order valence-corrected chi connectivity index (χ1v) is 9.08. The van der Waals surface area contributed by atoms with E-state index in [4.69, 9.17) is 4.99 Å². The van der Waals surface area contributed by atoms with Gasteiger partial charge in [0, 0.05) is 31.4 Å². The average molecular weight is 477 g/mol. The first-order valence-electron chi connectivity index (χ1n) is 9.08. The Bertz CT molecular complexity index is 924. The van der Waals surface area contributed by atoms with Crippen LogP contribution in [0.4, 0.5) is 0 Å². The highest BCUT2D eigenvalue weighted by Gasteiger charge is 2.09. The predicted molar refractivity (Wildman–Crippen MR) is 124 cm³/mol. The van der Waals surface area contributed by atoms with Gasteiger partial charge in [-0.15, -0.1) is 24.0 Å². The topological polar surface area (TPSA) is 54.2 Å². The lowest BCUT2D eigenvalue weighted by molar-refractivity contribution is 0.728. The first kappa shape index (κ1) is 21.2.